The van der Waals surface area contributed by atoms with E-state index in [-0.39, 0.29) is 5.41 Å². The van der Waals surface area contributed by atoms with Gasteiger partial charge in [0.2, 0.25) is 0 Å². The number of benzene rings is 1. The molecule has 0 unspecified atom stereocenters. The minimum Gasteiger partial charge on any atom is -0.340 e. The zero-order chi connectivity index (χ0) is 14.4. The van der Waals surface area contributed by atoms with E-state index in [2.05, 4.69) is 30.5 Å². The predicted octanol–water partition coefficient (Wildman–Crippen LogP) is 4.11. The second kappa shape index (κ2) is 6.73. The summed E-state index contributed by atoms with van der Waals surface area (Å²) in [6, 6.07) is 7.47. The van der Waals surface area contributed by atoms with Gasteiger partial charge in [-0.2, -0.15) is 0 Å². The van der Waals surface area contributed by atoms with Crippen molar-refractivity contribution in [1.29, 1.82) is 0 Å². The molecule has 0 bridgehead atoms. The van der Waals surface area contributed by atoms with Crippen LogP contribution in [0.4, 0.5) is 0 Å². The molecule has 0 radical (unpaired) electrons. The van der Waals surface area contributed by atoms with E-state index in [1.165, 1.54) is 0 Å². The van der Waals surface area contributed by atoms with Gasteiger partial charge in [0.05, 0.1) is 5.60 Å². The minimum absolute atomic E-state index is 0.000671. The molecule has 104 valence electrons. The molecule has 0 aliphatic carbocycles. The van der Waals surface area contributed by atoms with E-state index >= 15 is 0 Å². The fourth-order valence-corrected chi connectivity index (χ4v) is 1.17. The van der Waals surface area contributed by atoms with E-state index in [4.69, 9.17) is 10.5 Å². The Hall–Kier alpha value is -1.10. The lowest BCUT2D eigenvalue weighted by atomic mass is 9.86. The molecule has 4 heteroatoms. The van der Waals surface area contributed by atoms with Gasteiger partial charge in [-0.25, -0.2) is 10.1 Å². The first-order chi connectivity index (χ1) is 8.11. The summed E-state index contributed by atoms with van der Waals surface area (Å²) in [5.74, 6) is 0.532. The normalized spacial score (nSPS) is 11.6. The lowest BCUT2D eigenvalue weighted by Crippen LogP contribution is -2.15. The topological polar surface area (TPSA) is 58.9 Å². The van der Waals surface area contributed by atoms with E-state index in [9.17, 15) is 0 Å². The largest absolute Gasteiger partial charge is 0.340 e. The van der Waals surface area contributed by atoms with Crippen molar-refractivity contribution in [3.8, 4) is 5.75 Å². The molecule has 0 atom stereocenters. The van der Waals surface area contributed by atoms with Gasteiger partial charge in [0.25, 0.3) is 0 Å². The maximum Gasteiger partial charge on any atom is 0.168 e. The smallest absolute Gasteiger partial charge is 0.168 e. The predicted molar refractivity (Wildman–Crippen MR) is 71.9 cm³/mol. The maximum atomic E-state index is 8.58. The molecular formula is C14H24O4. The Labute approximate surface area is 109 Å². The van der Waals surface area contributed by atoms with Gasteiger partial charge >= 0.3 is 0 Å². The molecule has 0 heterocycles. The summed E-state index contributed by atoms with van der Waals surface area (Å²) in [5.41, 5.74) is 0.603. The summed E-state index contributed by atoms with van der Waals surface area (Å²) in [5, 5.41) is 16.5. The molecule has 18 heavy (non-hydrogen) atoms. The van der Waals surface area contributed by atoms with Crippen molar-refractivity contribution in [2.24, 2.45) is 0 Å². The quantitative estimate of drug-likeness (QED) is 0.586. The lowest BCUT2D eigenvalue weighted by molar-refractivity contribution is -0.306. The van der Waals surface area contributed by atoms with Crippen molar-refractivity contribution < 1.29 is 20.3 Å². The molecule has 2 N–H and O–H groups in total. The van der Waals surface area contributed by atoms with Crippen LogP contribution in [0.1, 0.15) is 47.1 Å². The molecule has 0 fully saturated rings. The van der Waals surface area contributed by atoms with Gasteiger partial charge in [-0.15, -0.1) is 0 Å². The summed E-state index contributed by atoms with van der Waals surface area (Å²) in [6.45, 7) is 11.5. The molecule has 0 saturated heterocycles. The van der Waals surface area contributed by atoms with Crippen molar-refractivity contribution >= 4 is 0 Å². The third kappa shape index (κ3) is 6.59. The first-order valence-electron chi connectivity index (χ1n) is 5.85. The number of hydrogen-bond donors (Lipinski definition) is 2. The Bertz CT molecular complexity index is 348. The first kappa shape index (κ1) is 16.9. The van der Waals surface area contributed by atoms with Gasteiger partial charge in [-0.1, -0.05) is 39.0 Å². The van der Waals surface area contributed by atoms with Gasteiger partial charge in [0.1, 0.15) is 0 Å². The SMILES string of the molecule is CC(C)(C)OO.CC(C)(C)c1ccccc1OO. The van der Waals surface area contributed by atoms with E-state index in [0.29, 0.717) is 5.75 Å². The number of para-hydroxylation sites is 1. The molecule has 4 nitrogen and oxygen atoms in total. The van der Waals surface area contributed by atoms with Gasteiger partial charge < -0.3 is 4.89 Å². The molecule has 0 aliphatic rings. The Morgan fingerprint density at radius 2 is 1.33 bits per heavy atom. The van der Waals surface area contributed by atoms with Gasteiger partial charge in [0, 0.05) is 5.56 Å². The van der Waals surface area contributed by atoms with Gasteiger partial charge in [-0.05, 0) is 32.3 Å². The van der Waals surface area contributed by atoms with E-state index in [1.807, 2.05) is 18.2 Å². The van der Waals surface area contributed by atoms with E-state index in [1.54, 1.807) is 26.8 Å². The fraction of sp³-hybridized carbons (Fsp3) is 0.571. The second-order valence-electron chi connectivity index (χ2n) is 6.04. The lowest BCUT2D eigenvalue weighted by Gasteiger charge is -2.20. The average molecular weight is 256 g/mol. The molecule has 1 aromatic carbocycles. The zero-order valence-electron chi connectivity index (χ0n) is 12.0. The summed E-state index contributed by atoms with van der Waals surface area (Å²) in [6.07, 6.45) is 0. The fourth-order valence-electron chi connectivity index (χ4n) is 1.17. The van der Waals surface area contributed by atoms with Crippen LogP contribution in [-0.4, -0.2) is 16.1 Å². The van der Waals surface area contributed by atoms with Crippen LogP contribution in [-0.2, 0) is 10.3 Å². The van der Waals surface area contributed by atoms with Crippen LogP contribution in [0, 0.1) is 0 Å². The minimum atomic E-state index is -0.403. The summed E-state index contributed by atoms with van der Waals surface area (Å²) >= 11 is 0. The van der Waals surface area contributed by atoms with Crippen LogP contribution < -0.4 is 4.89 Å². The molecule has 0 spiro atoms. The zero-order valence-corrected chi connectivity index (χ0v) is 12.0. The van der Waals surface area contributed by atoms with Crippen LogP contribution in [0.15, 0.2) is 24.3 Å². The highest BCUT2D eigenvalue weighted by atomic mass is 17.1. The van der Waals surface area contributed by atoms with Crippen LogP contribution in [0.2, 0.25) is 0 Å². The van der Waals surface area contributed by atoms with Crippen LogP contribution in [0.5, 0.6) is 5.75 Å². The Kier molecular flexibility index (Phi) is 6.32. The number of rotatable bonds is 1. The van der Waals surface area contributed by atoms with Crippen LogP contribution in [0.3, 0.4) is 0 Å². The maximum absolute atomic E-state index is 8.58. The van der Waals surface area contributed by atoms with E-state index < -0.39 is 5.60 Å². The Morgan fingerprint density at radius 3 is 1.61 bits per heavy atom. The van der Waals surface area contributed by atoms with Crippen molar-refractivity contribution in [2.45, 2.75) is 52.6 Å². The molecule has 0 aromatic heterocycles. The molecule has 0 aliphatic heterocycles. The van der Waals surface area contributed by atoms with E-state index in [0.717, 1.165) is 5.56 Å². The second-order valence-corrected chi connectivity index (χ2v) is 6.04. The third-order valence-electron chi connectivity index (χ3n) is 2.07. The van der Waals surface area contributed by atoms with Crippen molar-refractivity contribution in [3.05, 3.63) is 29.8 Å². The molecule has 0 amide bonds. The molecular weight excluding hydrogens is 232 g/mol. The molecule has 1 aromatic rings. The summed E-state index contributed by atoms with van der Waals surface area (Å²) < 4.78 is 0. The van der Waals surface area contributed by atoms with Gasteiger partial charge in [-0.3, -0.25) is 5.26 Å². The first-order valence-corrected chi connectivity index (χ1v) is 5.85. The Morgan fingerprint density at radius 1 is 0.889 bits per heavy atom. The third-order valence-corrected chi connectivity index (χ3v) is 2.07. The van der Waals surface area contributed by atoms with Crippen LogP contribution >= 0.6 is 0 Å². The average Bonchev–Trinajstić information content (AvgIpc) is 2.28. The number of hydrogen-bond acceptors (Lipinski definition) is 4. The monoisotopic (exact) mass is 256 g/mol. The molecule has 1 rings (SSSR count). The highest BCUT2D eigenvalue weighted by Gasteiger charge is 2.18. The highest BCUT2D eigenvalue weighted by Crippen LogP contribution is 2.30. The molecule has 0 saturated carbocycles. The highest BCUT2D eigenvalue weighted by molar-refractivity contribution is 5.37. The van der Waals surface area contributed by atoms with Crippen molar-refractivity contribution in [2.75, 3.05) is 0 Å². The Balaban J connectivity index is 0.000000411. The summed E-state index contributed by atoms with van der Waals surface area (Å²) in [4.78, 5) is 8.21. The standard InChI is InChI=1S/C10H14O2.C4H10O2/c1-10(2,3)8-6-4-5-7-9(8)12-11;1-4(2,3)6-5/h4-7,11H,1-3H3;5H,1-3H3. The van der Waals surface area contributed by atoms with Crippen molar-refractivity contribution in [1.82, 2.24) is 0 Å². The van der Waals surface area contributed by atoms with Crippen LogP contribution in [0.25, 0.3) is 0 Å². The van der Waals surface area contributed by atoms with Gasteiger partial charge in [0.15, 0.2) is 5.75 Å². The summed E-state index contributed by atoms with van der Waals surface area (Å²) in [7, 11) is 0. The van der Waals surface area contributed by atoms with Crippen molar-refractivity contribution in [3.63, 3.8) is 0 Å².